The first-order valence-corrected chi connectivity index (χ1v) is 10.3. The van der Waals surface area contributed by atoms with Crippen molar-refractivity contribution in [3.8, 4) is 11.5 Å². The smallest absolute Gasteiger partial charge is 0.419 e. The fraction of sp³-hybridized carbons (Fsp3) is 0.458. The number of esters is 1. The minimum atomic E-state index is -4.58. The third-order valence-corrected chi connectivity index (χ3v) is 6.48. The molecule has 0 heterocycles. The number of carbonyl (C=O) groups excluding carboxylic acids is 1. The fourth-order valence-electron chi connectivity index (χ4n) is 5.08. The molecule has 4 rings (SSSR count). The van der Waals surface area contributed by atoms with E-state index in [-0.39, 0.29) is 17.2 Å². The molecule has 3 nitrogen and oxygen atoms in total. The lowest BCUT2D eigenvalue weighted by atomic mass is 9.78. The van der Waals surface area contributed by atoms with E-state index in [4.69, 9.17) is 9.47 Å². The van der Waals surface area contributed by atoms with Gasteiger partial charge in [0, 0.05) is 5.92 Å². The van der Waals surface area contributed by atoms with E-state index in [1.807, 2.05) is 13.8 Å². The molecule has 2 saturated carbocycles. The topological polar surface area (TPSA) is 35.5 Å². The normalized spacial score (nSPS) is 23.4. The summed E-state index contributed by atoms with van der Waals surface area (Å²) in [5, 5.41) is 0. The van der Waals surface area contributed by atoms with Crippen molar-refractivity contribution in [3.63, 3.8) is 0 Å². The molecular weight excluding hydrogens is 393 g/mol. The molecule has 30 heavy (non-hydrogen) atoms. The molecule has 0 saturated heterocycles. The molecule has 0 aromatic heterocycles. The van der Waals surface area contributed by atoms with Gasteiger partial charge in [0.05, 0.1) is 11.1 Å². The first-order valence-electron chi connectivity index (χ1n) is 10.3. The summed E-state index contributed by atoms with van der Waals surface area (Å²) in [6.45, 7) is 3.71. The van der Waals surface area contributed by atoms with Crippen LogP contribution in [-0.4, -0.2) is 11.6 Å². The van der Waals surface area contributed by atoms with Crippen LogP contribution in [0.15, 0.2) is 48.5 Å². The summed E-state index contributed by atoms with van der Waals surface area (Å²) in [7, 11) is 0. The van der Waals surface area contributed by atoms with Crippen molar-refractivity contribution in [2.45, 2.75) is 51.3 Å². The highest BCUT2D eigenvalue weighted by Gasteiger charge is 2.48. The Bertz CT molecular complexity index is 921. The van der Waals surface area contributed by atoms with Gasteiger partial charge in [-0.3, -0.25) is 0 Å². The van der Waals surface area contributed by atoms with Crippen LogP contribution in [0.1, 0.15) is 55.5 Å². The Hall–Kier alpha value is -2.50. The number of carbonyl (C=O) groups is 1. The van der Waals surface area contributed by atoms with Gasteiger partial charge in [-0.25, -0.2) is 4.79 Å². The third kappa shape index (κ3) is 4.18. The number of benzene rings is 2. The van der Waals surface area contributed by atoms with Crippen LogP contribution >= 0.6 is 0 Å². The van der Waals surface area contributed by atoms with E-state index in [1.54, 1.807) is 30.3 Å². The van der Waals surface area contributed by atoms with E-state index in [9.17, 15) is 18.0 Å². The molecule has 6 heteroatoms. The van der Waals surface area contributed by atoms with Crippen LogP contribution in [0, 0.1) is 17.8 Å². The Labute approximate surface area is 174 Å². The largest absolute Gasteiger partial charge is 0.487 e. The van der Waals surface area contributed by atoms with Gasteiger partial charge in [-0.05, 0) is 75.3 Å². The minimum Gasteiger partial charge on any atom is -0.487 e. The zero-order valence-electron chi connectivity index (χ0n) is 17.0. The van der Waals surface area contributed by atoms with E-state index in [0.29, 0.717) is 17.6 Å². The molecular formula is C24H25F3O3. The number of ether oxygens (including phenoxy) is 2. The Morgan fingerprint density at radius 2 is 1.73 bits per heavy atom. The van der Waals surface area contributed by atoms with Gasteiger partial charge >= 0.3 is 12.1 Å². The van der Waals surface area contributed by atoms with Crippen molar-refractivity contribution in [1.29, 1.82) is 0 Å². The highest BCUT2D eigenvalue weighted by atomic mass is 19.4. The van der Waals surface area contributed by atoms with E-state index in [1.165, 1.54) is 6.42 Å². The highest BCUT2D eigenvalue weighted by Crippen LogP contribution is 2.53. The van der Waals surface area contributed by atoms with Crippen LogP contribution in [0.4, 0.5) is 13.2 Å². The van der Waals surface area contributed by atoms with E-state index in [0.717, 1.165) is 37.5 Å². The summed E-state index contributed by atoms with van der Waals surface area (Å²) < 4.78 is 52.2. The second-order valence-electron chi connectivity index (χ2n) is 8.90. The molecule has 0 radical (unpaired) electrons. The number of fused-ring (bicyclic) bond motifs is 2. The minimum absolute atomic E-state index is 0.0191. The Morgan fingerprint density at radius 3 is 2.33 bits per heavy atom. The maximum atomic E-state index is 13.6. The Kier molecular flexibility index (Phi) is 5.28. The summed E-state index contributed by atoms with van der Waals surface area (Å²) in [5.74, 6) is 0.627. The van der Waals surface area contributed by atoms with Crippen molar-refractivity contribution in [3.05, 3.63) is 59.7 Å². The standard InChI is InChI=1S/C24H25F3O3/c1-23(2,20-13-15-8-9-16(20)12-15)30-21-14-17(10-11-19(21)24(25,26)27)22(28)29-18-6-4-3-5-7-18/h3-7,10-11,14-16,20H,8-9,12-13H2,1-2H3. The van der Waals surface area contributed by atoms with Crippen molar-refractivity contribution < 1.29 is 27.4 Å². The number of para-hydroxylation sites is 1. The lowest BCUT2D eigenvalue weighted by Crippen LogP contribution is -2.41. The Balaban J connectivity index is 1.61. The number of halogens is 3. The summed E-state index contributed by atoms with van der Waals surface area (Å²) in [4.78, 5) is 12.5. The maximum absolute atomic E-state index is 13.6. The van der Waals surface area contributed by atoms with E-state index < -0.39 is 23.3 Å². The van der Waals surface area contributed by atoms with Gasteiger partial charge in [0.1, 0.15) is 17.1 Å². The van der Waals surface area contributed by atoms with Gasteiger partial charge in [-0.15, -0.1) is 0 Å². The van der Waals surface area contributed by atoms with Crippen LogP contribution in [0.25, 0.3) is 0 Å². The second-order valence-corrected chi connectivity index (χ2v) is 8.90. The van der Waals surface area contributed by atoms with Gasteiger partial charge in [-0.1, -0.05) is 24.6 Å². The molecule has 0 aliphatic heterocycles. The molecule has 2 aliphatic carbocycles. The summed E-state index contributed by atoms with van der Waals surface area (Å²) in [6.07, 6.45) is -0.159. The lowest BCUT2D eigenvalue weighted by Gasteiger charge is -2.38. The molecule has 0 N–H and O–H groups in total. The maximum Gasteiger partial charge on any atom is 0.419 e. The van der Waals surface area contributed by atoms with E-state index >= 15 is 0 Å². The van der Waals surface area contributed by atoms with Gasteiger partial charge in [-0.2, -0.15) is 13.2 Å². The molecule has 3 atom stereocenters. The first-order chi connectivity index (χ1) is 14.1. The molecule has 160 valence electrons. The summed E-state index contributed by atoms with van der Waals surface area (Å²) in [6, 6.07) is 11.6. The SMILES string of the molecule is CC(C)(Oc1cc(C(=O)Oc2ccccc2)ccc1C(F)(F)F)C1CC2CCC1C2. The molecule has 2 aromatic rings. The van der Waals surface area contributed by atoms with Gasteiger partial charge < -0.3 is 9.47 Å². The lowest BCUT2D eigenvalue weighted by molar-refractivity contribution is -0.140. The molecule has 2 aromatic carbocycles. The summed E-state index contributed by atoms with van der Waals surface area (Å²) >= 11 is 0. The van der Waals surface area contributed by atoms with Gasteiger partial charge in [0.25, 0.3) is 0 Å². The van der Waals surface area contributed by atoms with Crippen LogP contribution < -0.4 is 9.47 Å². The second kappa shape index (κ2) is 7.64. The van der Waals surface area contributed by atoms with Gasteiger partial charge in [0.2, 0.25) is 0 Å². The van der Waals surface area contributed by atoms with Crippen LogP contribution in [-0.2, 0) is 6.18 Å². The number of rotatable bonds is 5. The Morgan fingerprint density at radius 1 is 1.00 bits per heavy atom. The first kappa shape index (κ1) is 20.8. The molecule has 0 spiro atoms. The molecule has 3 unspecified atom stereocenters. The number of alkyl halides is 3. The third-order valence-electron chi connectivity index (χ3n) is 6.48. The molecule has 0 amide bonds. The number of hydrogen-bond acceptors (Lipinski definition) is 3. The zero-order chi connectivity index (χ0) is 21.5. The van der Waals surface area contributed by atoms with Gasteiger partial charge in [0.15, 0.2) is 0 Å². The van der Waals surface area contributed by atoms with Crippen molar-refractivity contribution in [2.24, 2.45) is 17.8 Å². The highest BCUT2D eigenvalue weighted by molar-refractivity contribution is 5.91. The average molecular weight is 418 g/mol. The van der Waals surface area contributed by atoms with E-state index in [2.05, 4.69) is 0 Å². The van der Waals surface area contributed by atoms with Crippen LogP contribution in [0.5, 0.6) is 11.5 Å². The molecule has 2 fully saturated rings. The molecule has 2 aliphatic rings. The van der Waals surface area contributed by atoms with Crippen LogP contribution in [0.3, 0.4) is 0 Å². The fourth-order valence-corrected chi connectivity index (χ4v) is 5.08. The predicted molar refractivity (Wildman–Crippen MR) is 106 cm³/mol. The monoisotopic (exact) mass is 418 g/mol. The van der Waals surface area contributed by atoms with Crippen molar-refractivity contribution >= 4 is 5.97 Å². The quantitative estimate of drug-likeness (QED) is 0.410. The van der Waals surface area contributed by atoms with Crippen molar-refractivity contribution in [1.82, 2.24) is 0 Å². The number of hydrogen-bond donors (Lipinski definition) is 0. The zero-order valence-corrected chi connectivity index (χ0v) is 17.0. The molecule has 2 bridgehead atoms. The summed E-state index contributed by atoms with van der Waals surface area (Å²) in [5.41, 5.74) is -1.62. The van der Waals surface area contributed by atoms with Crippen LogP contribution in [0.2, 0.25) is 0 Å². The predicted octanol–water partition coefficient (Wildman–Crippen LogP) is 6.52. The average Bonchev–Trinajstić information content (AvgIpc) is 3.31. The van der Waals surface area contributed by atoms with Crippen molar-refractivity contribution in [2.75, 3.05) is 0 Å².